The van der Waals surface area contributed by atoms with Gasteiger partial charge in [0.15, 0.2) is 0 Å². The maximum absolute atomic E-state index is 12.2. The molecule has 0 fully saturated rings. The van der Waals surface area contributed by atoms with Crippen LogP contribution in [0.1, 0.15) is 12.0 Å². The lowest BCUT2D eigenvalue weighted by Crippen LogP contribution is -2.48. The minimum atomic E-state index is -1.32. The van der Waals surface area contributed by atoms with Crippen LogP contribution in [0.15, 0.2) is 65.6 Å². The van der Waals surface area contributed by atoms with E-state index in [2.05, 4.69) is 10.6 Å². The summed E-state index contributed by atoms with van der Waals surface area (Å²) in [6.07, 6.45) is -0.647. The van der Waals surface area contributed by atoms with E-state index in [1.807, 2.05) is 24.3 Å². The lowest BCUT2D eigenvalue weighted by Gasteiger charge is -2.15. The molecule has 0 saturated carbocycles. The molecule has 8 nitrogen and oxygen atoms in total. The highest BCUT2D eigenvalue weighted by molar-refractivity contribution is 7.85. The van der Waals surface area contributed by atoms with Gasteiger partial charge in [-0.2, -0.15) is 0 Å². The van der Waals surface area contributed by atoms with Gasteiger partial charge in [0.25, 0.3) is 0 Å². The van der Waals surface area contributed by atoms with Crippen molar-refractivity contribution >= 4 is 28.7 Å². The molecule has 2 rings (SSSR count). The minimum absolute atomic E-state index is 0.0729. The van der Waals surface area contributed by atoms with Crippen LogP contribution in [0.2, 0.25) is 0 Å². The van der Waals surface area contributed by atoms with Crippen molar-refractivity contribution in [3.8, 4) is 0 Å². The van der Waals surface area contributed by atoms with Crippen LogP contribution >= 0.6 is 0 Å². The number of amides is 3. The molecule has 0 unspecified atom stereocenters. The highest BCUT2D eigenvalue weighted by Gasteiger charge is 2.19. The van der Waals surface area contributed by atoms with Gasteiger partial charge in [0.1, 0.15) is 19.2 Å². The molecule has 0 aliphatic heterocycles. The van der Waals surface area contributed by atoms with Gasteiger partial charge in [-0.1, -0.05) is 48.5 Å². The molecule has 0 aromatic heterocycles. The number of carbonyl (C=O) groups is 3. The smallest absolute Gasteiger partial charge is 0.407 e. The molecular weight excluding hydrogens is 394 g/mol. The number of rotatable bonds is 10. The fourth-order valence-corrected chi connectivity index (χ4v) is 3.52. The maximum Gasteiger partial charge on any atom is 0.407 e. The third-order valence-corrected chi connectivity index (χ3v) is 5.29. The first-order valence-corrected chi connectivity index (χ1v) is 10.2. The van der Waals surface area contributed by atoms with Crippen LogP contribution in [-0.2, 0) is 31.7 Å². The van der Waals surface area contributed by atoms with Crippen molar-refractivity contribution in [1.29, 1.82) is 0 Å². The Morgan fingerprint density at radius 1 is 1.00 bits per heavy atom. The number of ether oxygens (including phenoxy) is 1. The van der Waals surface area contributed by atoms with Gasteiger partial charge >= 0.3 is 6.09 Å². The lowest BCUT2D eigenvalue weighted by atomic mass is 10.2. The first kappa shape index (κ1) is 22.1. The van der Waals surface area contributed by atoms with E-state index in [1.165, 1.54) is 0 Å². The molecule has 0 heterocycles. The predicted octanol–water partition coefficient (Wildman–Crippen LogP) is 1.08. The van der Waals surface area contributed by atoms with Gasteiger partial charge in [0.05, 0.1) is 10.8 Å². The van der Waals surface area contributed by atoms with Gasteiger partial charge in [-0.05, 0) is 24.1 Å². The highest BCUT2D eigenvalue weighted by Crippen LogP contribution is 2.07. The van der Waals surface area contributed by atoms with Crippen LogP contribution in [0.25, 0.3) is 0 Å². The number of alkyl carbamates (subject to hydrolysis) is 1. The number of benzene rings is 2. The largest absolute Gasteiger partial charge is 0.445 e. The third kappa shape index (κ3) is 8.14. The molecule has 0 radical (unpaired) electrons. The van der Waals surface area contributed by atoms with Crippen LogP contribution in [0.3, 0.4) is 0 Å². The molecule has 2 aromatic rings. The molecule has 0 spiro atoms. The fraction of sp³-hybridized carbons (Fsp3) is 0.250. The van der Waals surface area contributed by atoms with Crippen LogP contribution in [0.5, 0.6) is 0 Å². The summed E-state index contributed by atoms with van der Waals surface area (Å²) in [6, 6.07) is 16.9. The molecular formula is C20H23N3O5S. The van der Waals surface area contributed by atoms with Crippen molar-refractivity contribution in [3.05, 3.63) is 66.2 Å². The van der Waals surface area contributed by atoms with Gasteiger partial charge < -0.3 is 21.1 Å². The Morgan fingerprint density at radius 3 is 2.24 bits per heavy atom. The number of nitrogens with two attached hydrogens (primary N) is 1. The zero-order chi connectivity index (χ0) is 21.1. The van der Waals surface area contributed by atoms with Crippen molar-refractivity contribution in [3.63, 3.8) is 0 Å². The second-order valence-electron chi connectivity index (χ2n) is 6.09. The monoisotopic (exact) mass is 417 g/mol. The Balaban J connectivity index is 1.73. The molecule has 2 atom stereocenters. The van der Waals surface area contributed by atoms with E-state index < -0.39 is 34.7 Å². The summed E-state index contributed by atoms with van der Waals surface area (Å²) in [5.41, 5.74) is 6.13. The van der Waals surface area contributed by atoms with E-state index in [1.54, 1.807) is 36.4 Å². The molecule has 29 heavy (non-hydrogen) atoms. The Bertz CT molecular complexity index is 846. The molecule has 0 aliphatic carbocycles. The Hall–Kier alpha value is -3.20. The number of hydrogen-bond donors (Lipinski definition) is 3. The van der Waals surface area contributed by atoms with Gasteiger partial charge in [-0.3, -0.25) is 13.8 Å². The Labute approximate surface area is 171 Å². The molecule has 0 saturated heterocycles. The van der Waals surface area contributed by atoms with Crippen molar-refractivity contribution in [2.45, 2.75) is 24.0 Å². The van der Waals surface area contributed by atoms with Crippen molar-refractivity contribution in [2.75, 3.05) is 12.3 Å². The first-order chi connectivity index (χ1) is 14.0. The van der Waals surface area contributed by atoms with Crippen molar-refractivity contribution in [2.24, 2.45) is 5.73 Å². The molecule has 154 valence electrons. The highest BCUT2D eigenvalue weighted by atomic mass is 32.2. The second kappa shape index (κ2) is 11.6. The minimum Gasteiger partial charge on any atom is -0.445 e. The summed E-state index contributed by atoms with van der Waals surface area (Å²) in [5.74, 6) is -1.18. The van der Waals surface area contributed by atoms with Crippen LogP contribution in [-0.4, -0.2) is 40.5 Å². The summed E-state index contributed by atoms with van der Waals surface area (Å²) in [4.78, 5) is 35.9. The summed E-state index contributed by atoms with van der Waals surface area (Å²) in [7, 11) is -1.32. The summed E-state index contributed by atoms with van der Waals surface area (Å²) >= 11 is 0. The molecule has 2 aromatic carbocycles. The van der Waals surface area contributed by atoms with E-state index in [4.69, 9.17) is 10.5 Å². The van der Waals surface area contributed by atoms with Gasteiger partial charge in [0, 0.05) is 10.6 Å². The number of carbonyl (C=O) groups excluding carboxylic acids is 3. The standard InChI is InChI=1S/C20H23N3O5S/c21-19(25)17(11-12-29(27)16-9-5-2-6-10-16)23-18(24)13-22-20(26)28-14-15-7-3-1-4-8-15/h1-10,17H,11-14H2,(H2,21,25)(H,22,26)(H,23,24)/t17-,29-/m0/s1. The second-order valence-corrected chi connectivity index (χ2v) is 7.66. The fourth-order valence-electron chi connectivity index (χ4n) is 2.37. The first-order valence-electron chi connectivity index (χ1n) is 8.92. The predicted molar refractivity (Wildman–Crippen MR) is 108 cm³/mol. The number of primary amides is 1. The summed E-state index contributed by atoms with van der Waals surface area (Å²) in [6.45, 7) is -0.303. The van der Waals surface area contributed by atoms with E-state index >= 15 is 0 Å². The zero-order valence-electron chi connectivity index (χ0n) is 15.7. The van der Waals surface area contributed by atoms with Gasteiger partial charge in [-0.15, -0.1) is 0 Å². The maximum atomic E-state index is 12.2. The van der Waals surface area contributed by atoms with Crippen molar-refractivity contribution in [1.82, 2.24) is 10.6 Å². The molecule has 0 aliphatic rings. The zero-order valence-corrected chi connectivity index (χ0v) is 16.5. The topological polar surface area (TPSA) is 128 Å². The van der Waals surface area contributed by atoms with Crippen LogP contribution in [0.4, 0.5) is 4.79 Å². The molecule has 4 N–H and O–H groups in total. The summed E-state index contributed by atoms with van der Waals surface area (Å²) in [5, 5.41) is 4.74. The van der Waals surface area contributed by atoms with E-state index in [9.17, 15) is 18.6 Å². The van der Waals surface area contributed by atoms with E-state index in [0.29, 0.717) is 4.90 Å². The van der Waals surface area contributed by atoms with Gasteiger partial charge in [0.2, 0.25) is 11.8 Å². The molecule has 9 heteroatoms. The van der Waals surface area contributed by atoms with Crippen LogP contribution < -0.4 is 16.4 Å². The number of nitrogens with one attached hydrogen (secondary N) is 2. The quantitative estimate of drug-likeness (QED) is 0.533. The normalized spacial score (nSPS) is 12.4. The SMILES string of the molecule is NC(=O)[C@H](CC[S@](=O)c1ccccc1)NC(=O)CNC(=O)OCc1ccccc1. The Morgan fingerprint density at radius 2 is 1.62 bits per heavy atom. The van der Waals surface area contributed by atoms with Gasteiger partial charge in [-0.25, -0.2) is 4.79 Å². The van der Waals surface area contributed by atoms with E-state index in [-0.39, 0.29) is 25.3 Å². The average molecular weight is 417 g/mol. The Kier molecular flexibility index (Phi) is 8.84. The molecule has 3 amide bonds. The van der Waals surface area contributed by atoms with E-state index in [0.717, 1.165) is 5.56 Å². The lowest BCUT2D eigenvalue weighted by molar-refractivity contribution is -0.126. The average Bonchev–Trinajstić information content (AvgIpc) is 2.74. The van der Waals surface area contributed by atoms with Crippen LogP contribution in [0, 0.1) is 0 Å². The third-order valence-electron chi connectivity index (χ3n) is 3.88. The molecule has 0 bridgehead atoms. The van der Waals surface area contributed by atoms with Crippen molar-refractivity contribution < 1.29 is 23.3 Å². The number of hydrogen-bond acceptors (Lipinski definition) is 5. The summed E-state index contributed by atoms with van der Waals surface area (Å²) < 4.78 is 17.2.